The first-order valence-electron chi connectivity index (χ1n) is 10.1. The second-order valence-electron chi connectivity index (χ2n) is 7.03. The number of carbonyl (C=O) groups excluding carboxylic acids is 2. The van der Waals surface area contributed by atoms with Crippen molar-refractivity contribution >= 4 is 86.8 Å². The number of hydrogen-bond donors (Lipinski definition) is 3. The molecule has 2 aromatic rings. The molecule has 190 valence electrons. The number of nitrogens with two attached hydrogens (primary N) is 1. The fraction of sp³-hybridized carbons (Fsp3) is 0.316. The molecule has 0 unspecified atom stereocenters. The molecule has 4 rings (SSSR count). The molecule has 0 saturated carbocycles. The van der Waals surface area contributed by atoms with Gasteiger partial charge in [-0.25, -0.2) is 14.8 Å². The number of amides is 2. The van der Waals surface area contributed by atoms with Gasteiger partial charge in [-0.2, -0.15) is 4.37 Å². The van der Waals surface area contributed by atoms with Crippen molar-refractivity contribution in [1.29, 1.82) is 0 Å². The number of nitrogen functional groups attached to an aromatic ring is 1. The maximum Gasteiger partial charge on any atom is 0.352 e. The summed E-state index contributed by atoms with van der Waals surface area (Å²) in [5, 5.41) is 18.2. The average molecular weight is 586 g/mol. The number of rotatable bonds is 12. The number of aliphatic carboxylic acids is 1. The zero-order valence-corrected chi connectivity index (χ0v) is 22.4. The van der Waals surface area contributed by atoms with Crippen LogP contribution in [0.3, 0.4) is 0 Å². The van der Waals surface area contributed by atoms with E-state index < -0.39 is 29.2 Å². The Balaban J connectivity index is 1.42. The van der Waals surface area contributed by atoms with Gasteiger partial charge >= 0.3 is 5.97 Å². The van der Waals surface area contributed by atoms with Gasteiger partial charge in [0.05, 0.1) is 0 Å². The highest BCUT2D eigenvalue weighted by Gasteiger charge is 2.54. The first-order chi connectivity index (χ1) is 17.4. The number of carboxylic acid groups (broad SMARTS) is 1. The smallest absolute Gasteiger partial charge is 0.352 e. The third-order valence-corrected chi connectivity index (χ3v) is 9.84. The van der Waals surface area contributed by atoms with E-state index in [2.05, 4.69) is 31.4 Å². The fourth-order valence-electron chi connectivity index (χ4n) is 3.24. The molecule has 36 heavy (non-hydrogen) atoms. The van der Waals surface area contributed by atoms with Crippen LogP contribution < -0.4 is 11.1 Å². The Kier molecular flexibility index (Phi) is 8.89. The molecule has 0 radical (unpaired) electrons. The Morgan fingerprint density at radius 3 is 2.97 bits per heavy atom. The van der Waals surface area contributed by atoms with Crippen LogP contribution in [0.2, 0.25) is 0 Å². The molecular weight excluding hydrogens is 567 g/mol. The fourth-order valence-corrected chi connectivity index (χ4v) is 7.99. The molecule has 0 spiro atoms. The van der Waals surface area contributed by atoms with Gasteiger partial charge in [0.2, 0.25) is 0 Å². The zero-order chi connectivity index (χ0) is 25.7. The molecule has 0 aromatic carbocycles. The summed E-state index contributed by atoms with van der Waals surface area (Å²) < 4.78 is 4.78. The lowest BCUT2D eigenvalue weighted by atomic mass is 10.0. The van der Waals surface area contributed by atoms with Gasteiger partial charge in [-0.1, -0.05) is 29.6 Å². The number of carboxylic acids is 1. The van der Waals surface area contributed by atoms with Gasteiger partial charge in [0.1, 0.15) is 35.7 Å². The molecule has 2 aliphatic heterocycles. The molecular formula is C19H19N7O5S5. The van der Waals surface area contributed by atoms with E-state index in [9.17, 15) is 19.5 Å². The molecule has 2 atom stereocenters. The van der Waals surface area contributed by atoms with Crippen LogP contribution in [0.1, 0.15) is 5.69 Å². The molecule has 17 heteroatoms. The van der Waals surface area contributed by atoms with Gasteiger partial charge in [-0.3, -0.25) is 14.5 Å². The van der Waals surface area contributed by atoms with Crippen LogP contribution >= 0.6 is 58.2 Å². The minimum absolute atomic E-state index is 0.0295. The van der Waals surface area contributed by atoms with E-state index in [0.717, 1.165) is 15.7 Å². The van der Waals surface area contributed by atoms with E-state index >= 15 is 0 Å². The molecule has 2 amide bonds. The maximum absolute atomic E-state index is 13.0. The number of nitrogens with one attached hydrogen (secondary N) is 1. The number of β-lactam (4-membered cyclic amide) rings is 1. The monoisotopic (exact) mass is 585 g/mol. The second kappa shape index (κ2) is 12.1. The predicted molar refractivity (Wildman–Crippen MR) is 142 cm³/mol. The Morgan fingerprint density at radius 1 is 1.47 bits per heavy atom. The van der Waals surface area contributed by atoms with E-state index in [1.165, 1.54) is 64.1 Å². The lowest BCUT2D eigenvalue weighted by Gasteiger charge is -2.49. The number of fused-ring (bicyclic) bond motifs is 1. The maximum atomic E-state index is 13.0. The van der Waals surface area contributed by atoms with Crippen molar-refractivity contribution in [3.63, 3.8) is 0 Å². The number of thiazole rings is 1. The van der Waals surface area contributed by atoms with Crippen LogP contribution in [0, 0.1) is 0 Å². The van der Waals surface area contributed by atoms with E-state index in [1.54, 1.807) is 5.38 Å². The van der Waals surface area contributed by atoms with Crippen LogP contribution in [0.15, 0.2) is 45.1 Å². The Hall–Kier alpha value is -2.60. The molecule has 1 saturated heterocycles. The summed E-state index contributed by atoms with van der Waals surface area (Å²) in [4.78, 5) is 52.4. The summed E-state index contributed by atoms with van der Waals surface area (Å²) in [6.45, 7) is 3.59. The summed E-state index contributed by atoms with van der Waals surface area (Å²) in [5.41, 5.74) is 6.36. The van der Waals surface area contributed by atoms with Crippen molar-refractivity contribution in [2.24, 2.45) is 5.16 Å². The molecule has 4 heterocycles. The second-order valence-corrected chi connectivity index (χ2v) is 12.4. The first-order valence-corrected chi connectivity index (χ1v) is 14.9. The number of nitrogens with zero attached hydrogens (tertiary/aromatic N) is 5. The predicted octanol–water partition coefficient (Wildman–Crippen LogP) is 1.71. The number of thioether (sulfide) groups is 3. The molecule has 2 aliphatic rings. The van der Waals surface area contributed by atoms with E-state index in [1.807, 2.05) is 0 Å². The topological polar surface area (TPSA) is 173 Å². The van der Waals surface area contributed by atoms with Crippen molar-refractivity contribution in [2.45, 2.75) is 15.8 Å². The number of hydrogen-bond acceptors (Lipinski definition) is 14. The van der Waals surface area contributed by atoms with Gasteiger partial charge in [-0.15, -0.1) is 34.9 Å². The number of aromatic nitrogens is 3. The number of oxime groups is 1. The van der Waals surface area contributed by atoms with Gasteiger partial charge in [0.15, 0.2) is 15.2 Å². The standard InChI is InChI=1S/C19H19N7O5S5/c1-2-3-31-25-11(10-6-34-18(20)23-10)14(27)24-12-15(28)26-13(17(29)30)9(5-33-16(12)26)4-32-8-35-19-21-7-22-36-19/h2,6-7,12,16H,1,3-5,8H2,(H2,20,23)(H,24,27)(H,29,30)/b25-11-/t12-,16-/m1/s1. The van der Waals surface area contributed by atoms with Gasteiger partial charge < -0.3 is 21.0 Å². The minimum atomic E-state index is -1.18. The van der Waals surface area contributed by atoms with Crippen LogP contribution in [-0.4, -0.2) is 82.5 Å². The van der Waals surface area contributed by atoms with Crippen molar-refractivity contribution < 1.29 is 24.3 Å². The largest absolute Gasteiger partial charge is 0.477 e. The summed E-state index contributed by atoms with van der Waals surface area (Å²) >= 11 is 6.88. The van der Waals surface area contributed by atoms with Gasteiger partial charge in [0.25, 0.3) is 11.8 Å². The Bertz CT molecular complexity index is 1220. The van der Waals surface area contributed by atoms with E-state index in [-0.39, 0.29) is 28.8 Å². The molecule has 0 bridgehead atoms. The highest BCUT2D eigenvalue weighted by atomic mass is 32.2. The van der Waals surface area contributed by atoms with Crippen molar-refractivity contribution in [3.05, 3.63) is 41.3 Å². The SMILES string of the molecule is C=CCO/N=C(\C(=O)N[C@@H]1C(=O)N2C(C(=O)O)=C(CSCSc3ncns3)CS[C@H]12)c1csc(N)n1. The summed E-state index contributed by atoms with van der Waals surface area (Å²) in [6.07, 6.45) is 2.95. The van der Waals surface area contributed by atoms with Crippen LogP contribution in [0.5, 0.6) is 0 Å². The molecule has 0 aliphatic carbocycles. The Labute approximate surface area is 226 Å². The van der Waals surface area contributed by atoms with Crippen molar-refractivity contribution in [2.75, 3.05) is 28.9 Å². The molecule has 1 fully saturated rings. The summed E-state index contributed by atoms with van der Waals surface area (Å²) in [5.74, 6) is -1.49. The Morgan fingerprint density at radius 2 is 2.31 bits per heavy atom. The highest BCUT2D eigenvalue weighted by molar-refractivity contribution is 8.16. The van der Waals surface area contributed by atoms with E-state index in [4.69, 9.17) is 10.6 Å². The lowest BCUT2D eigenvalue weighted by Crippen LogP contribution is -2.71. The normalized spacial score (nSPS) is 19.5. The van der Waals surface area contributed by atoms with Gasteiger partial charge in [-0.05, 0) is 17.1 Å². The van der Waals surface area contributed by atoms with Gasteiger partial charge in [0, 0.05) is 22.0 Å². The molecule has 4 N–H and O–H groups in total. The number of anilines is 1. The quantitative estimate of drug-likeness (QED) is 0.0627. The van der Waals surface area contributed by atoms with Crippen LogP contribution in [0.25, 0.3) is 0 Å². The van der Waals surface area contributed by atoms with E-state index in [0.29, 0.717) is 22.2 Å². The average Bonchev–Trinajstić information content (AvgIpc) is 3.54. The minimum Gasteiger partial charge on any atom is -0.477 e. The summed E-state index contributed by atoms with van der Waals surface area (Å²) in [7, 11) is 0. The zero-order valence-electron chi connectivity index (χ0n) is 18.4. The summed E-state index contributed by atoms with van der Waals surface area (Å²) in [6, 6.07) is -0.917. The third-order valence-electron chi connectivity index (χ3n) is 4.75. The lowest BCUT2D eigenvalue weighted by molar-refractivity contribution is -0.150. The molecule has 2 aromatic heterocycles. The van der Waals surface area contributed by atoms with Crippen LogP contribution in [0.4, 0.5) is 5.13 Å². The molecule has 12 nitrogen and oxygen atoms in total. The van der Waals surface area contributed by atoms with Crippen molar-refractivity contribution in [3.8, 4) is 0 Å². The number of carbonyl (C=O) groups is 3. The first kappa shape index (κ1) is 26.5. The van der Waals surface area contributed by atoms with Crippen molar-refractivity contribution in [1.82, 2.24) is 24.6 Å². The highest BCUT2D eigenvalue weighted by Crippen LogP contribution is 2.41. The van der Waals surface area contributed by atoms with Crippen LogP contribution in [-0.2, 0) is 19.2 Å². The third kappa shape index (κ3) is 5.86.